The molecule has 1 unspecified atom stereocenters. The van der Waals surface area contributed by atoms with Crippen LogP contribution in [0.25, 0.3) is 0 Å². The quantitative estimate of drug-likeness (QED) is 0.910. The van der Waals surface area contributed by atoms with Gasteiger partial charge in [-0.05, 0) is 44.2 Å². The van der Waals surface area contributed by atoms with Crippen molar-refractivity contribution in [2.75, 3.05) is 21.3 Å². The summed E-state index contributed by atoms with van der Waals surface area (Å²) in [5.74, 6) is 1.62. The highest BCUT2D eigenvalue weighted by Crippen LogP contribution is 2.34. The van der Waals surface area contributed by atoms with E-state index < -0.39 is 0 Å². The molecule has 0 heterocycles. The maximum absolute atomic E-state index is 5.54. The highest BCUT2D eigenvalue weighted by atomic mass is 16.5. The Morgan fingerprint density at radius 1 is 0.905 bits per heavy atom. The van der Waals surface area contributed by atoms with Gasteiger partial charge in [0.25, 0.3) is 0 Å². The lowest BCUT2D eigenvalue weighted by molar-refractivity contribution is 0.388. The number of hydrogen-bond donors (Lipinski definition) is 1. The molecule has 0 amide bonds. The average molecular weight is 285 g/mol. The molecule has 0 aliphatic carbocycles. The fraction of sp³-hybridized carbons (Fsp3) is 0.333. The van der Waals surface area contributed by atoms with Crippen LogP contribution in [0.4, 0.5) is 0 Å². The zero-order valence-corrected chi connectivity index (χ0v) is 13.4. The first-order valence-electron chi connectivity index (χ1n) is 7.07. The van der Waals surface area contributed by atoms with E-state index in [0.29, 0.717) is 0 Å². The van der Waals surface area contributed by atoms with Crippen LogP contribution in [-0.4, -0.2) is 21.3 Å². The lowest BCUT2D eigenvalue weighted by Crippen LogP contribution is -2.19. The first-order valence-corrected chi connectivity index (χ1v) is 7.07. The fourth-order valence-corrected chi connectivity index (χ4v) is 2.68. The third-order valence-corrected chi connectivity index (χ3v) is 3.78. The summed E-state index contributed by atoms with van der Waals surface area (Å²) in [7, 11) is 5.31. The SMILES string of the molecule is CNC(c1ccc(C)cc1C)c1ccc(OC)cc1OC. The molecule has 3 heteroatoms. The third kappa shape index (κ3) is 3.19. The molecule has 0 aliphatic heterocycles. The van der Waals surface area contributed by atoms with Gasteiger partial charge in [-0.2, -0.15) is 0 Å². The summed E-state index contributed by atoms with van der Waals surface area (Å²) in [5.41, 5.74) is 4.90. The predicted molar refractivity (Wildman–Crippen MR) is 86.4 cm³/mol. The lowest BCUT2D eigenvalue weighted by Gasteiger charge is -2.22. The molecule has 1 N–H and O–H groups in total. The van der Waals surface area contributed by atoms with Gasteiger partial charge >= 0.3 is 0 Å². The Labute approximate surface area is 126 Å². The van der Waals surface area contributed by atoms with Crippen molar-refractivity contribution >= 4 is 0 Å². The Morgan fingerprint density at radius 2 is 1.62 bits per heavy atom. The summed E-state index contributed by atoms with van der Waals surface area (Å²) < 4.78 is 10.8. The molecule has 0 bridgehead atoms. The Balaban J connectivity index is 2.50. The van der Waals surface area contributed by atoms with Crippen LogP contribution in [0.1, 0.15) is 28.3 Å². The number of aryl methyl sites for hydroxylation is 2. The third-order valence-electron chi connectivity index (χ3n) is 3.78. The van der Waals surface area contributed by atoms with Crippen LogP contribution in [0.15, 0.2) is 36.4 Å². The topological polar surface area (TPSA) is 30.5 Å². The molecule has 21 heavy (non-hydrogen) atoms. The van der Waals surface area contributed by atoms with Gasteiger partial charge < -0.3 is 14.8 Å². The highest BCUT2D eigenvalue weighted by molar-refractivity contribution is 5.48. The molecule has 2 rings (SSSR count). The van der Waals surface area contributed by atoms with Crippen LogP contribution in [-0.2, 0) is 0 Å². The zero-order chi connectivity index (χ0) is 15.4. The lowest BCUT2D eigenvalue weighted by atomic mass is 9.93. The summed E-state index contributed by atoms with van der Waals surface area (Å²) in [6.45, 7) is 4.25. The average Bonchev–Trinajstić information content (AvgIpc) is 2.50. The second-order valence-electron chi connectivity index (χ2n) is 5.19. The number of methoxy groups -OCH3 is 2. The van der Waals surface area contributed by atoms with Crippen LogP contribution in [0, 0.1) is 13.8 Å². The van der Waals surface area contributed by atoms with Crippen molar-refractivity contribution in [2.45, 2.75) is 19.9 Å². The molecular weight excluding hydrogens is 262 g/mol. The largest absolute Gasteiger partial charge is 0.497 e. The second-order valence-corrected chi connectivity index (χ2v) is 5.19. The molecule has 1 atom stereocenters. The molecule has 2 aromatic rings. The molecule has 0 fully saturated rings. The summed E-state index contributed by atoms with van der Waals surface area (Å²) in [6, 6.07) is 12.5. The van der Waals surface area contributed by atoms with Gasteiger partial charge in [0.05, 0.1) is 20.3 Å². The minimum Gasteiger partial charge on any atom is -0.497 e. The second kappa shape index (κ2) is 6.64. The van der Waals surface area contributed by atoms with Gasteiger partial charge in [-0.15, -0.1) is 0 Å². The monoisotopic (exact) mass is 285 g/mol. The van der Waals surface area contributed by atoms with Gasteiger partial charge in [-0.3, -0.25) is 0 Å². The fourth-order valence-electron chi connectivity index (χ4n) is 2.68. The smallest absolute Gasteiger partial charge is 0.127 e. The molecule has 0 spiro atoms. The highest BCUT2D eigenvalue weighted by Gasteiger charge is 2.18. The predicted octanol–water partition coefficient (Wildman–Crippen LogP) is 3.63. The van der Waals surface area contributed by atoms with Crippen molar-refractivity contribution in [3.63, 3.8) is 0 Å². The van der Waals surface area contributed by atoms with Crippen molar-refractivity contribution in [1.29, 1.82) is 0 Å². The van der Waals surface area contributed by atoms with E-state index in [1.54, 1.807) is 14.2 Å². The molecular formula is C18H23NO2. The van der Waals surface area contributed by atoms with Crippen LogP contribution in [0.2, 0.25) is 0 Å². The van der Waals surface area contributed by atoms with Gasteiger partial charge in [0.2, 0.25) is 0 Å². The van der Waals surface area contributed by atoms with Gasteiger partial charge in [0.1, 0.15) is 11.5 Å². The van der Waals surface area contributed by atoms with E-state index in [-0.39, 0.29) is 6.04 Å². The maximum Gasteiger partial charge on any atom is 0.127 e. The summed E-state index contributed by atoms with van der Waals surface area (Å²) >= 11 is 0. The van der Waals surface area contributed by atoms with E-state index in [9.17, 15) is 0 Å². The van der Waals surface area contributed by atoms with Crippen LogP contribution in [0.5, 0.6) is 11.5 Å². The van der Waals surface area contributed by atoms with E-state index in [1.807, 2.05) is 19.2 Å². The molecule has 112 valence electrons. The number of ether oxygens (including phenoxy) is 2. The Hall–Kier alpha value is -2.00. The van der Waals surface area contributed by atoms with Gasteiger partial charge in [0, 0.05) is 11.6 Å². The summed E-state index contributed by atoms with van der Waals surface area (Å²) in [5, 5.41) is 3.39. The number of rotatable bonds is 5. The molecule has 2 aromatic carbocycles. The maximum atomic E-state index is 5.54. The van der Waals surface area contributed by atoms with Gasteiger partial charge in [0.15, 0.2) is 0 Å². The van der Waals surface area contributed by atoms with Gasteiger partial charge in [-0.25, -0.2) is 0 Å². The Kier molecular flexibility index (Phi) is 4.86. The van der Waals surface area contributed by atoms with Crippen molar-refractivity contribution in [1.82, 2.24) is 5.32 Å². The number of hydrogen-bond acceptors (Lipinski definition) is 3. The van der Waals surface area contributed by atoms with Crippen molar-refractivity contribution < 1.29 is 9.47 Å². The Bertz CT molecular complexity index is 623. The molecule has 0 radical (unpaired) electrons. The number of benzene rings is 2. The molecule has 0 aliphatic rings. The summed E-state index contributed by atoms with van der Waals surface area (Å²) in [6.07, 6.45) is 0. The van der Waals surface area contributed by atoms with E-state index in [4.69, 9.17) is 9.47 Å². The van der Waals surface area contributed by atoms with Crippen LogP contribution >= 0.6 is 0 Å². The van der Waals surface area contributed by atoms with E-state index >= 15 is 0 Å². The summed E-state index contributed by atoms with van der Waals surface area (Å²) in [4.78, 5) is 0. The number of nitrogens with one attached hydrogen (secondary N) is 1. The first kappa shape index (κ1) is 15.4. The van der Waals surface area contributed by atoms with E-state index in [2.05, 4.69) is 43.4 Å². The van der Waals surface area contributed by atoms with Crippen LogP contribution in [0.3, 0.4) is 0 Å². The standard InChI is InChI=1S/C18H23NO2/c1-12-6-8-15(13(2)10-12)18(19-3)16-9-7-14(20-4)11-17(16)21-5/h6-11,18-19H,1-5H3. The van der Waals surface area contributed by atoms with Crippen molar-refractivity contribution in [3.05, 3.63) is 58.7 Å². The van der Waals surface area contributed by atoms with Crippen molar-refractivity contribution in [3.8, 4) is 11.5 Å². The van der Waals surface area contributed by atoms with Crippen LogP contribution < -0.4 is 14.8 Å². The Morgan fingerprint density at radius 3 is 2.19 bits per heavy atom. The molecule has 3 nitrogen and oxygen atoms in total. The zero-order valence-electron chi connectivity index (χ0n) is 13.4. The minimum atomic E-state index is 0.0893. The normalized spacial score (nSPS) is 12.0. The van der Waals surface area contributed by atoms with Gasteiger partial charge in [-0.1, -0.05) is 23.8 Å². The van der Waals surface area contributed by atoms with Crippen molar-refractivity contribution in [2.24, 2.45) is 0 Å². The van der Waals surface area contributed by atoms with E-state index in [1.165, 1.54) is 16.7 Å². The first-order chi connectivity index (χ1) is 10.1. The molecule has 0 saturated carbocycles. The molecule has 0 saturated heterocycles. The van der Waals surface area contributed by atoms with E-state index in [0.717, 1.165) is 17.1 Å². The minimum absolute atomic E-state index is 0.0893. The molecule has 0 aromatic heterocycles.